The first kappa shape index (κ1) is 13.7. The first-order valence-electron chi connectivity index (χ1n) is 5.47. The molecule has 0 saturated carbocycles. The third kappa shape index (κ3) is 3.85. The number of hydrogen-bond acceptors (Lipinski definition) is 4. The molecule has 0 saturated heterocycles. The van der Waals surface area contributed by atoms with E-state index in [1.807, 2.05) is 43.1 Å². The second kappa shape index (κ2) is 7.06. The smallest absolute Gasteiger partial charge is 0.172 e. The monoisotopic (exact) mass is 253 g/mol. The molecule has 0 aliphatic heterocycles. The van der Waals surface area contributed by atoms with Gasteiger partial charge in [0, 0.05) is 24.8 Å². The van der Waals surface area contributed by atoms with E-state index in [2.05, 4.69) is 16.3 Å². The van der Waals surface area contributed by atoms with E-state index in [1.54, 1.807) is 0 Å². The zero-order valence-electron chi connectivity index (χ0n) is 10.3. The number of nitrogens with zero attached hydrogens (tertiary/aromatic N) is 2. The molecule has 0 aliphatic carbocycles. The standard InChI is InChI=1S/C12H19N3OS/c1-15(8-5-9-17-2)11-7-4-3-6-10(11)12(13)14-16/h3-4,6-7,16H,5,8-9H2,1-2H3,(H2,13,14). The lowest BCUT2D eigenvalue weighted by Crippen LogP contribution is -2.24. The largest absolute Gasteiger partial charge is 0.409 e. The van der Waals surface area contributed by atoms with E-state index < -0.39 is 0 Å². The number of anilines is 1. The van der Waals surface area contributed by atoms with Crippen LogP contribution in [0.25, 0.3) is 0 Å². The van der Waals surface area contributed by atoms with Crippen molar-refractivity contribution in [3.05, 3.63) is 29.8 Å². The molecule has 0 unspecified atom stereocenters. The van der Waals surface area contributed by atoms with E-state index in [0.717, 1.165) is 30.0 Å². The number of para-hydroxylation sites is 1. The van der Waals surface area contributed by atoms with Gasteiger partial charge in [-0.1, -0.05) is 17.3 Å². The Hall–Kier alpha value is -1.36. The van der Waals surface area contributed by atoms with Gasteiger partial charge in [0.1, 0.15) is 0 Å². The van der Waals surface area contributed by atoms with E-state index >= 15 is 0 Å². The molecular weight excluding hydrogens is 234 g/mol. The lowest BCUT2D eigenvalue weighted by Gasteiger charge is -2.21. The summed E-state index contributed by atoms with van der Waals surface area (Å²) in [5, 5.41) is 11.8. The number of thioether (sulfide) groups is 1. The van der Waals surface area contributed by atoms with Crippen LogP contribution in [0.15, 0.2) is 29.4 Å². The molecule has 3 N–H and O–H groups in total. The highest BCUT2D eigenvalue weighted by Gasteiger charge is 2.09. The summed E-state index contributed by atoms with van der Waals surface area (Å²) in [6, 6.07) is 7.67. The van der Waals surface area contributed by atoms with Crippen molar-refractivity contribution in [1.29, 1.82) is 0 Å². The first-order valence-corrected chi connectivity index (χ1v) is 6.87. The fraction of sp³-hybridized carbons (Fsp3) is 0.417. The van der Waals surface area contributed by atoms with Crippen molar-refractivity contribution in [1.82, 2.24) is 0 Å². The maximum atomic E-state index is 8.75. The topological polar surface area (TPSA) is 61.8 Å². The first-order chi connectivity index (χ1) is 8.20. The predicted octanol–water partition coefficient (Wildman–Crippen LogP) is 1.97. The maximum Gasteiger partial charge on any atom is 0.172 e. The van der Waals surface area contributed by atoms with Gasteiger partial charge >= 0.3 is 0 Å². The second-order valence-electron chi connectivity index (χ2n) is 3.77. The highest BCUT2D eigenvalue weighted by atomic mass is 32.2. The third-order valence-corrected chi connectivity index (χ3v) is 3.24. The Balaban J connectivity index is 2.82. The lowest BCUT2D eigenvalue weighted by molar-refractivity contribution is 0.318. The van der Waals surface area contributed by atoms with Gasteiger partial charge in [-0.05, 0) is 30.6 Å². The van der Waals surface area contributed by atoms with Crippen molar-refractivity contribution in [3.63, 3.8) is 0 Å². The minimum absolute atomic E-state index is 0.150. The zero-order chi connectivity index (χ0) is 12.7. The molecule has 0 fully saturated rings. The van der Waals surface area contributed by atoms with E-state index in [1.165, 1.54) is 0 Å². The van der Waals surface area contributed by atoms with Gasteiger partial charge in [0.15, 0.2) is 5.84 Å². The normalized spacial score (nSPS) is 11.5. The van der Waals surface area contributed by atoms with Gasteiger partial charge in [-0.15, -0.1) is 0 Å². The van der Waals surface area contributed by atoms with Crippen molar-refractivity contribution in [3.8, 4) is 0 Å². The van der Waals surface area contributed by atoms with Crippen LogP contribution in [0, 0.1) is 0 Å². The van der Waals surface area contributed by atoms with E-state index in [-0.39, 0.29) is 5.84 Å². The summed E-state index contributed by atoms with van der Waals surface area (Å²) in [7, 11) is 2.02. The average molecular weight is 253 g/mol. The van der Waals surface area contributed by atoms with Crippen LogP contribution >= 0.6 is 11.8 Å². The number of amidine groups is 1. The van der Waals surface area contributed by atoms with Gasteiger partial charge < -0.3 is 15.8 Å². The van der Waals surface area contributed by atoms with E-state index in [9.17, 15) is 0 Å². The highest BCUT2D eigenvalue weighted by Crippen LogP contribution is 2.19. The van der Waals surface area contributed by atoms with Crippen LogP contribution in [0.1, 0.15) is 12.0 Å². The number of oxime groups is 1. The molecule has 17 heavy (non-hydrogen) atoms. The van der Waals surface area contributed by atoms with Gasteiger partial charge in [0.25, 0.3) is 0 Å². The van der Waals surface area contributed by atoms with Gasteiger partial charge in [0.05, 0.1) is 0 Å². The highest BCUT2D eigenvalue weighted by molar-refractivity contribution is 7.98. The van der Waals surface area contributed by atoms with Crippen LogP contribution in [-0.2, 0) is 0 Å². The molecule has 0 heterocycles. The quantitative estimate of drug-likeness (QED) is 0.267. The summed E-state index contributed by atoms with van der Waals surface area (Å²) in [4.78, 5) is 2.13. The molecular formula is C12H19N3OS. The maximum absolute atomic E-state index is 8.75. The Morgan fingerprint density at radius 2 is 2.18 bits per heavy atom. The van der Waals surface area contributed by atoms with Crippen LogP contribution in [0.3, 0.4) is 0 Å². The van der Waals surface area contributed by atoms with Gasteiger partial charge in [-0.2, -0.15) is 11.8 Å². The van der Waals surface area contributed by atoms with E-state index in [0.29, 0.717) is 0 Å². The van der Waals surface area contributed by atoms with Crippen molar-refractivity contribution < 1.29 is 5.21 Å². The molecule has 1 rings (SSSR count). The number of rotatable bonds is 6. The van der Waals surface area contributed by atoms with Gasteiger partial charge in [0.2, 0.25) is 0 Å². The number of hydrogen-bond donors (Lipinski definition) is 2. The fourth-order valence-corrected chi connectivity index (χ4v) is 2.06. The molecule has 4 nitrogen and oxygen atoms in total. The second-order valence-corrected chi connectivity index (χ2v) is 4.76. The van der Waals surface area contributed by atoms with Crippen LogP contribution in [0.4, 0.5) is 5.69 Å². The lowest BCUT2D eigenvalue weighted by atomic mass is 10.1. The van der Waals surface area contributed by atoms with Crippen molar-refractivity contribution >= 4 is 23.3 Å². The van der Waals surface area contributed by atoms with Crippen LogP contribution in [0.5, 0.6) is 0 Å². The van der Waals surface area contributed by atoms with Crippen molar-refractivity contribution in [2.75, 3.05) is 30.5 Å². The third-order valence-electron chi connectivity index (χ3n) is 2.54. The molecule has 0 aliphatic rings. The molecule has 5 heteroatoms. The number of benzene rings is 1. The molecule has 1 aromatic rings. The molecule has 0 amide bonds. The van der Waals surface area contributed by atoms with Crippen LogP contribution < -0.4 is 10.6 Å². The Kier molecular flexibility index (Phi) is 5.69. The Morgan fingerprint density at radius 3 is 2.82 bits per heavy atom. The number of nitrogens with two attached hydrogens (primary N) is 1. The summed E-state index contributed by atoms with van der Waals surface area (Å²) < 4.78 is 0. The zero-order valence-corrected chi connectivity index (χ0v) is 11.1. The SMILES string of the molecule is CSCCCN(C)c1ccccc1/C(N)=N/O. The average Bonchev–Trinajstić information content (AvgIpc) is 2.38. The summed E-state index contributed by atoms with van der Waals surface area (Å²) >= 11 is 1.84. The summed E-state index contributed by atoms with van der Waals surface area (Å²) in [6.45, 7) is 0.955. The summed E-state index contributed by atoms with van der Waals surface area (Å²) in [6.07, 6.45) is 3.21. The van der Waals surface area contributed by atoms with Crippen molar-refractivity contribution in [2.24, 2.45) is 10.9 Å². The van der Waals surface area contributed by atoms with Crippen LogP contribution in [0.2, 0.25) is 0 Å². The van der Waals surface area contributed by atoms with Crippen molar-refractivity contribution in [2.45, 2.75) is 6.42 Å². The minimum Gasteiger partial charge on any atom is -0.409 e. The molecule has 0 radical (unpaired) electrons. The predicted molar refractivity (Wildman–Crippen MR) is 75.2 cm³/mol. The molecule has 1 aromatic carbocycles. The van der Waals surface area contributed by atoms with Gasteiger partial charge in [-0.3, -0.25) is 0 Å². The Morgan fingerprint density at radius 1 is 1.47 bits per heavy atom. The molecule has 0 atom stereocenters. The van der Waals surface area contributed by atoms with E-state index in [4.69, 9.17) is 10.9 Å². The minimum atomic E-state index is 0.150. The fourth-order valence-electron chi connectivity index (χ4n) is 1.64. The molecule has 0 bridgehead atoms. The summed E-state index contributed by atoms with van der Waals surface area (Å²) in [5.41, 5.74) is 7.41. The molecule has 94 valence electrons. The Labute approximate surface area is 106 Å². The summed E-state index contributed by atoms with van der Waals surface area (Å²) in [5.74, 6) is 1.29. The molecule has 0 spiro atoms. The van der Waals surface area contributed by atoms with Crippen LogP contribution in [-0.4, -0.2) is 36.6 Å². The van der Waals surface area contributed by atoms with Gasteiger partial charge in [-0.25, -0.2) is 0 Å². The molecule has 0 aromatic heterocycles. The Bertz CT molecular complexity index is 382.